The molecule has 1 N–H and O–H groups in total. The first kappa shape index (κ1) is 20.0. The maximum Gasteiger partial charge on any atom is 0.384 e. The summed E-state index contributed by atoms with van der Waals surface area (Å²) in [6, 6.07) is 15.1. The van der Waals surface area contributed by atoms with Crippen molar-refractivity contribution >= 4 is 33.5 Å². The van der Waals surface area contributed by atoms with E-state index in [4.69, 9.17) is 4.74 Å². The first-order chi connectivity index (χ1) is 14.0. The molecule has 0 radical (unpaired) electrons. The fourth-order valence-electron chi connectivity index (χ4n) is 2.54. The smallest absolute Gasteiger partial charge is 0.384 e. The summed E-state index contributed by atoms with van der Waals surface area (Å²) in [7, 11) is -2.76. The third-order valence-corrected chi connectivity index (χ3v) is 4.70. The Kier molecular flexibility index (Phi) is 6.55. The largest absolute Gasteiger partial charge is 0.451 e. The molecule has 0 atom stereocenters. The number of carbonyl (C=O) groups is 2. The van der Waals surface area contributed by atoms with Crippen LogP contribution in [0, 0.1) is 11.8 Å². The number of hydrogen-bond acceptors (Lipinski definition) is 6. The summed E-state index contributed by atoms with van der Waals surface area (Å²) in [4.78, 5) is 28.1. The summed E-state index contributed by atoms with van der Waals surface area (Å²) in [5.41, 5.74) is 1.55. The quantitative estimate of drug-likeness (QED) is 0.288. The van der Waals surface area contributed by atoms with E-state index in [1.165, 1.54) is 30.5 Å². The van der Waals surface area contributed by atoms with Crippen LogP contribution in [-0.2, 0) is 26.8 Å². The lowest BCUT2D eigenvalue weighted by molar-refractivity contribution is -0.137. The predicted molar refractivity (Wildman–Crippen MR) is 107 cm³/mol. The minimum absolute atomic E-state index is 0.0444. The molecule has 0 saturated heterocycles. The monoisotopic (exact) mass is 408 g/mol. The molecule has 146 valence electrons. The molecule has 3 aromatic rings. The van der Waals surface area contributed by atoms with Gasteiger partial charge in [0.05, 0.1) is 17.0 Å². The lowest BCUT2D eigenvalue weighted by Crippen LogP contribution is -2.23. The van der Waals surface area contributed by atoms with Crippen LogP contribution in [0.5, 0.6) is 0 Å². The molecule has 0 saturated carbocycles. The maximum absolute atomic E-state index is 12.2. The first-order valence-corrected chi connectivity index (χ1v) is 9.73. The lowest BCUT2D eigenvalue weighted by Gasteiger charge is -2.04. The summed E-state index contributed by atoms with van der Waals surface area (Å²) in [5.74, 6) is 3.73. The standard InChI is InChI=1S/C21H16N2O5S/c24-20(28-14-15-5-2-1-3-6-15)7-4-11-23-21(25)16-8-9-17-18(13-16)22-12-10-19(17)29(26)27/h1-3,5-6,8-10,12-13,29H,11,14H2,(H,23,25). The van der Waals surface area contributed by atoms with Gasteiger partial charge in [0.25, 0.3) is 5.91 Å². The Balaban J connectivity index is 1.56. The molecule has 7 nitrogen and oxygen atoms in total. The van der Waals surface area contributed by atoms with Gasteiger partial charge < -0.3 is 10.1 Å². The average molecular weight is 408 g/mol. The molecular weight excluding hydrogens is 392 g/mol. The van der Waals surface area contributed by atoms with Crippen LogP contribution in [-0.4, -0.2) is 31.8 Å². The van der Waals surface area contributed by atoms with Crippen LogP contribution < -0.4 is 5.32 Å². The fourth-order valence-corrected chi connectivity index (χ4v) is 3.11. The molecule has 29 heavy (non-hydrogen) atoms. The van der Waals surface area contributed by atoms with Crippen molar-refractivity contribution in [2.75, 3.05) is 6.54 Å². The molecule has 1 heterocycles. The van der Waals surface area contributed by atoms with Crippen LogP contribution in [0.25, 0.3) is 10.9 Å². The van der Waals surface area contributed by atoms with Crippen molar-refractivity contribution in [2.24, 2.45) is 0 Å². The molecule has 0 bridgehead atoms. The van der Waals surface area contributed by atoms with Crippen molar-refractivity contribution in [3.63, 3.8) is 0 Å². The van der Waals surface area contributed by atoms with Crippen LogP contribution in [0.15, 0.2) is 65.7 Å². The predicted octanol–water partition coefficient (Wildman–Crippen LogP) is 1.68. The van der Waals surface area contributed by atoms with Crippen LogP contribution in [0.3, 0.4) is 0 Å². The first-order valence-electron chi connectivity index (χ1n) is 8.55. The molecule has 1 amide bonds. The average Bonchev–Trinajstić information content (AvgIpc) is 2.75. The number of carbonyl (C=O) groups excluding carboxylic acids is 2. The number of nitrogens with one attached hydrogen (secondary N) is 1. The van der Waals surface area contributed by atoms with Crippen molar-refractivity contribution in [1.82, 2.24) is 10.3 Å². The highest BCUT2D eigenvalue weighted by molar-refractivity contribution is 7.72. The van der Waals surface area contributed by atoms with Crippen molar-refractivity contribution in [3.05, 3.63) is 71.9 Å². The molecule has 0 fully saturated rings. The van der Waals surface area contributed by atoms with E-state index in [1.54, 1.807) is 0 Å². The number of rotatable bonds is 5. The Hall–Kier alpha value is -3.70. The van der Waals surface area contributed by atoms with Gasteiger partial charge in [0.2, 0.25) is 0 Å². The van der Waals surface area contributed by atoms with Gasteiger partial charge in [-0.25, -0.2) is 13.2 Å². The van der Waals surface area contributed by atoms with Crippen LogP contribution >= 0.6 is 0 Å². The molecule has 8 heteroatoms. The topological polar surface area (TPSA) is 102 Å². The van der Waals surface area contributed by atoms with Gasteiger partial charge in [-0.1, -0.05) is 42.3 Å². The van der Waals surface area contributed by atoms with E-state index < -0.39 is 22.6 Å². The highest BCUT2D eigenvalue weighted by Crippen LogP contribution is 2.19. The van der Waals surface area contributed by atoms with Crippen molar-refractivity contribution in [2.45, 2.75) is 11.5 Å². The van der Waals surface area contributed by atoms with Crippen molar-refractivity contribution in [3.8, 4) is 11.8 Å². The maximum atomic E-state index is 12.2. The highest BCUT2D eigenvalue weighted by atomic mass is 32.2. The summed E-state index contributed by atoms with van der Waals surface area (Å²) in [6.45, 7) is 0.0822. The number of thiol groups is 1. The molecule has 0 aliphatic heterocycles. The number of hydrogen-bond donors (Lipinski definition) is 2. The van der Waals surface area contributed by atoms with E-state index in [0.29, 0.717) is 16.5 Å². The Morgan fingerprint density at radius 3 is 2.62 bits per heavy atom. The number of benzene rings is 2. The Labute approximate surface area is 168 Å². The molecule has 3 rings (SSSR count). The second kappa shape index (κ2) is 9.48. The SMILES string of the molecule is O=C(C#CCNC(=O)c1ccc2c([SH](=O)=O)ccnc2c1)OCc1ccccc1. The molecule has 0 unspecified atom stereocenters. The van der Waals surface area contributed by atoms with Gasteiger partial charge >= 0.3 is 5.97 Å². The van der Waals surface area contributed by atoms with Gasteiger partial charge in [0.1, 0.15) is 6.61 Å². The van der Waals surface area contributed by atoms with Crippen LogP contribution in [0.2, 0.25) is 0 Å². The molecule has 0 aliphatic rings. The zero-order valence-corrected chi connectivity index (χ0v) is 16.0. The second-order valence-electron chi connectivity index (χ2n) is 5.87. The van der Waals surface area contributed by atoms with Gasteiger partial charge in [-0.05, 0) is 23.8 Å². The van der Waals surface area contributed by atoms with Gasteiger partial charge in [0.15, 0.2) is 10.7 Å². The summed E-state index contributed by atoms with van der Waals surface area (Å²) < 4.78 is 27.6. The highest BCUT2D eigenvalue weighted by Gasteiger charge is 2.09. The zero-order valence-electron chi connectivity index (χ0n) is 15.1. The van der Waals surface area contributed by atoms with Crippen molar-refractivity contribution in [1.29, 1.82) is 0 Å². The van der Waals surface area contributed by atoms with Crippen LogP contribution in [0.4, 0.5) is 0 Å². The summed E-state index contributed by atoms with van der Waals surface area (Å²) in [6.07, 6.45) is 1.37. The minimum atomic E-state index is -2.76. The number of nitrogens with zero attached hydrogens (tertiary/aromatic N) is 1. The van der Waals surface area contributed by atoms with E-state index in [9.17, 15) is 18.0 Å². The third-order valence-electron chi connectivity index (χ3n) is 3.92. The third kappa shape index (κ3) is 5.40. The molecule has 0 aliphatic carbocycles. The zero-order chi connectivity index (χ0) is 20.6. The second-order valence-corrected chi connectivity index (χ2v) is 6.86. The van der Waals surface area contributed by atoms with E-state index in [1.807, 2.05) is 30.3 Å². The van der Waals surface area contributed by atoms with Gasteiger partial charge in [0, 0.05) is 23.1 Å². The van der Waals surface area contributed by atoms with Crippen molar-refractivity contribution < 1.29 is 22.7 Å². The number of aromatic nitrogens is 1. The number of amides is 1. The van der Waals surface area contributed by atoms with E-state index in [2.05, 4.69) is 22.1 Å². The molecule has 1 aromatic heterocycles. The molecule has 0 spiro atoms. The Morgan fingerprint density at radius 2 is 1.86 bits per heavy atom. The van der Waals surface area contributed by atoms with E-state index in [0.717, 1.165) is 5.56 Å². The Morgan fingerprint density at radius 1 is 1.07 bits per heavy atom. The lowest BCUT2D eigenvalue weighted by atomic mass is 10.1. The van der Waals surface area contributed by atoms with E-state index in [-0.39, 0.29) is 18.0 Å². The summed E-state index contributed by atoms with van der Waals surface area (Å²) in [5, 5.41) is 3.01. The number of pyridine rings is 1. The Bertz CT molecular complexity index is 1190. The number of esters is 1. The molecular formula is C21H16N2O5S. The van der Waals surface area contributed by atoms with Crippen LogP contribution in [0.1, 0.15) is 15.9 Å². The van der Waals surface area contributed by atoms with Gasteiger partial charge in [-0.3, -0.25) is 9.78 Å². The van der Waals surface area contributed by atoms with Gasteiger partial charge in [-0.2, -0.15) is 0 Å². The molecule has 2 aromatic carbocycles. The minimum Gasteiger partial charge on any atom is -0.451 e. The fraction of sp³-hybridized carbons (Fsp3) is 0.0952. The normalized spacial score (nSPS) is 10.2. The van der Waals surface area contributed by atoms with E-state index >= 15 is 0 Å². The van der Waals surface area contributed by atoms with Gasteiger partial charge in [-0.15, -0.1) is 0 Å². The number of fused-ring (bicyclic) bond motifs is 1. The summed E-state index contributed by atoms with van der Waals surface area (Å²) >= 11 is 0. The number of ether oxygens (including phenoxy) is 1.